The molecule has 7 heteroatoms. The van der Waals surface area contributed by atoms with Crippen molar-refractivity contribution in [2.45, 2.75) is 63.4 Å². The molecule has 0 unspecified atom stereocenters. The predicted molar refractivity (Wildman–Crippen MR) is 117 cm³/mol. The number of aliphatic imine (C=N–C) groups is 1. The molecule has 152 valence electrons. The van der Waals surface area contributed by atoms with Gasteiger partial charge in [0.2, 0.25) is 0 Å². The van der Waals surface area contributed by atoms with Crippen molar-refractivity contribution in [1.29, 1.82) is 0 Å². The molecule has 0 fully saturated rings. The van der Waals surface area contributed by atoms with E-state index in [-0.39, 0.29) is 0 Å². The number of hydrogen-bond donors (Lipinski definition) is 2. The van der Waals surface area contributed by atoms with E-state index < -0.39 is 0 Å². The number of aromatic nitrogens is 3. The molecule has 0 bridgehead atoms. The van der Waals surface area contributed by atoms with E-state index in [1.54, 1.807) is 11.8 Å². The van der Waals surface area contributed by atoms with Crippen LogP contribution in [0.15, 0.2) is 28.1 Å². The van der Waals surface area contributed by atoms with Gasteiger partial charge in [-0.1, -0.05) is 18.6 Å². The number of rotatable bonds is 7. The molecule has 1 aromatic heterocycles. The largest absolute Gasteiger partial charge is 0.356 e. The zero-order chi connectivity index (χ0) is 19.8. The van der Waals surface area contributed by atoms with Crippen LogP contribution in [-0.2, 0) is 25.9 Å². The van der Waals surface area contributed by atoms with Crippen molar-refractivity contribution in [3.05, 3.63) is 41.0 Å². The van der Waals surface area contributed by atoms with Crippen molar-refractivity contribution >= 4 is 17.7 Å². The van der Waals surface area contributed by atoms with Crippen LogP contribution in [0.1, 0.15) is 48.5 Å². The summed E-state index contributed by atoms with van der Waals surface area (Å²) in [7, 11) is 1.82. The molecule has 3 rings (SSSR count). The molecule has 2 aromatic rings. The average molecular weight is 401 g/mol. The first-order chi connectivity index (χ1) is 13.7. The third-order valence-electron chi connectivity index (χ3n) is 5.17. The van der Waals surface area contributed by atoms with Gasteiger partial charge in [0, 0.05) is 44.4 Å². The number of fused-ring (bicyclic) bond motifs is 1. The monoisotopic (exact) mass is 400 g/mol. The summed E-state index contributed by atoms with van der Waals surface area (Å²) >= 11 is 1.79. The molecule has 0 spiro atoms. The molecular formula is C21H32N6S. The highest BCUT2D eigenvalue weighted by molar-refractivity contribution is 7.98. The molecule has 0 radical (unpaired) electrons. The Morgan fingerprint density at radius 1 is 1.21 bits per heavy atom. The lowest BCUT2D eigenvalue weighted by Gasteiger charge is -2.14. The van der Waals surface area contributed by atoms with E-state index in [9.17, 15) is 0 Å². The second-order valence-corrected chi connectivity index (χ2v) is 8.11. The van der Waals surface area contributed by atoms with Crippen molar-refractivity contribution < 1.29 is 0 Å². The Bertz CT molecular complexity index is 798. The van der Waals surface area contributed by atoms with Crippen molar-refractivity contribution in [2.24, 2.45) is 4.99 Å². The minimum Gasteiger partial charge on any atom is -0.356 e. The molecule has 28 heavy (non-hydrogen) atoms. The van der Waals surface area contributed by atoms with E-state index in [2.05, 4.69) is 61.8 Å². The van der Waals surface area contributed by atoms with Gasteiger partial charge in [-0.3, -0.25) is 4.99 Å². The first-order valence-electron chi connectivity index (χ1n) is 10.2. The molecule has 1 aliphatic rings. The number of aryl methyl sites for hydroxylation is 3. The highest BCUT2D eigenvalue weighted by Crippen LogP contribution is 2.21. The van der Waals surface area contributed by atoms with E-state index in [0.717, 1.165) is 50.7 Å². The smallest absolute Gasteiger partial charge is 0.191 e. The molecule has 0 amide bonds. The van der Waals surface area contributed by atoms with Gasteiger partial charge in [0.25, 0.3) is 0 Å². The fraction of sp³-hybridized carbons (Fsp3) is 0.571. The summed E-state index contributed by atoms with van der Waals surface area (Å²) in [5.41, 5.74) is 2.59. The molecule has 0 saturated heterocycles. The van der Waals surface area contributed by atoms with Crippen LogP contribution in [0, 0.1) is 6.92 Å². The van der Waals surface area contributed by atoms with E-state index >= 15 is 0 Å². The average Bonchev–Trinajstić information content (AvgIpc) is 2.94. The SMILES string of the molecule is CN=C(NCCCc1nnc2n1CCCCC2)NCc1ccc(C)cc1SC. The molecule has 1 aliphatic heterocycles. The van der Waals surface area contributed by atoms with E-state index in [1.165, 1.54) is 41.1 Å². The highest BCUT2D eigenvalue weighted by Gasteiger charge is 2.14. The highest BCUT2D eigenvalue weighted by atomic mass is 32.2. The van der Waals surface area contributed by atoms with Gasteiger partial charge in [0.05, 0.1) is 0 Å². The van der Waals surface area contributed by atoms with Crippen LogP contribution in [-0.4, -0.2) is 40.6 Å². The summed E-state index contributed by atoms with van der Waals surface area (Å²) in [6.07, 6.45) is 8.93. The summed E-state index contributed by atoms with van der Waals surface area (Å²) in [4.78, 5) is 5.66. The lowest BCUT2D eigenvalue weighted by molar-refractivity contribution is 0.594. The minimum atomic E-state index is 0.772. The third kappa shape index (κ3) is 5.50. The maximum Gasteiger partial charge on any atom is 0.191 e. The fourth-order valence-corrected chi connectivity index (χ4v) is 4.29. The number of nitrogens with one attached hydrogen (secondary N) is 2. The van der Waals surface area contributed by atoms with Crippen LogP contribution < -0.4 is 10.6 Å². The van der Waals surface area contributed by atoms with Gasteiger partial charge in [-0.2, -0.15) is 0 Å². The minimum absolute atomic E-state index is 0.772. The van der Waals surface area contributed by atoms with Crippen LogP contribution >= 0.6 is 11.8 Å². The standard InChI is InChI=1S/C21H32N6S/c1-16-10-11-17(18(14-16)28-3)15-24-21(22-2)23-12-7-9-20-26-25-19-8-5-4-6-13-27(19)20/h10-11,14H,4-9,12-13,15H2,1-3H3,(H2,22,23,24). The van der Waals surface area contributed by atoms with E-state index in [0.29, 0.717) is 0 Å². The van der Waals surface area contributed by atoms with Gasteiger partial charge in [0.15, 0.2) is 5.96 Å². The molecular weight excluding hydrogens is 368 g/mol. The maximum absolute atomic E-state index is 4.42. The van der Waals surface area contributed by atoms with Crippen molar-refractivity contribution in [1.82, 2.24) is 25.4 Å². The predicted octanol–water partition coefficient (Wildman–Crippen LogP) is 3.33. The summed E-state index contributed by atoms with van der Waals surface area (Å²) in [6.45, 7) is 4.84. The van der Waals surface area contributed by atoms with Crippen LogP contribution in [0.4, 0.5) is 0 Å². The normalized spacial score (nSPS) is 14.5. The molecule has 0 saturated carbocycles. The Balaban J connectivity index is 1.44. The summed E-state index contributed by atoms with van der Waals surface area (Å²) < 4.78 is 2.33. The van der Waals surface area contributed by atoms with Gasteiger partial charge in [-0.25, -0.2) is 0 Å². The van der Waals surface area contributed by atoms with Gasteiger partial charge in [-0.05, 0) is 49.6 Å². The molecule has 6 nitrogen and oxygen atoms in total. The first kappa shape index (κ1) is 20.7. The maximum atomic E-state index is 4.42. The van der Waals surface area contributed by atoms with Crippen molar-refractivity contribution in [3.63, 3.8) is 0 Å². The Kier molecular flexibility index (Phi) is 7.77. The number of thioether (sulfide) groups is 1. The van der Waals surface area contributed by atoms with Crippen LogP contribution in [0.2, 0.25) is 0 Å². The van der Waals surface area contributed by atoms with Crippen LogP contribution in [0.25, 0.3) is 0 Å². The Morgan fingerprint density at radius 3 is 2.93 bits per heavy atom. The molecule has 0 atom stereocenters. The van der Waals surface area contributed by atoms with E-state index in [1.807, 2.05) is 7.05 Å². The van der Waals surface area contributed by atoms with Crippen molar-refractivity contribution in [3.8, 4) is 0 Å². The second-order valence-electron chi connectivity index (χ2n) is 7.27. The molecule has 2 N–H and O–H groups in total. The molecule has 1 aromatic carbocycles. The topological polar surface area (TPSA) is 67.1 Å². The lowest BCUT2D eigenvalue weighted by atomic mass is 10.1. The molecule has 0 aliphatic carbocycles. The number of hydrogen-bond acceptors (Lipinski definition) is 4. The number of benzene rings is 1. The Hall–Kier alpha value is -2.02. The number of nitrogens with zero attached hydrogens (tertiary/aromatic N) is 4. The van der Waals surface area contributed by atoms with E-state index in [4.69, 9.17) is 0 Å². The summed E-state index contributed by atoms with van der Waals surface area (Å²) in [5.74, 6) is 3.14. The van der Waals surface area contributed by atoms with Gasteiger partial charge in [0.1, 0.15) is 11.6 Å². The zero-order valence-electron chi connectivity index (χ0n) is 17.3. The van der Waals surface area contributed by atoms with Gasteiger partial charge in [-0.15, -0.1) is 22.0 Å². The lowest BCUT2D eigenvalue weighted by Crippen LogP contribution is -2.37. The second kappa shape index (κ2) is 10.5. The van der Waals surface area contributed by atoms with Gasteiger partial charge < -0.3 is 15.2 Å². The van der Waals surface area contributed by atoms with Gasteiger partial charge >= 0.3 is 0 Å². The fourth-order valence-electron chi connectivity index (χ4n) is 3.58. The van der Waals surface area contributed by atoms with Crippen LogP contribution in [0.3, 0.4) is 0 Å². The quantitative estimate of drug-likeness (QED) is 0.323. The summed E-state index contributed by atoms with van der Waals surface area (Å²) in [5, 5.41) is 15.6. The van der Waals surface area contributed by atoms with Crippen molar-refractivity contribution in [2.75, 3.05) is 19.8 Å². The molecule has 2 heterocycles. The first-order valence-corrected chi connectivity index (χ1v) is 11.4. The zero-order valence-corrected chi connectivity index (χ0v) is 18.1. The van der Waals surface area contributed by atoms with Crippen LogP contribution in [0.5, 0.6) is 0 Å². The Morgan fingerprint density at radius 2 is 2.11 bits per heavy atom. The summed E-state index contributed by atoms with van der Waals surface area (Å²) in [6, 6.07) is 6.59. The number of guanidine groups is 1. The third-order valence-corrected chi connectivity index (χ3v) is 5.99. The Labute approximate surface area is 172 Å².